The van der Waals surface area contributed by atoms with Gasteiger partial charge in [0.05, 0.1) is 17.4 Å². The predicted molar refractivity (Wildman–Crippen MR) is 112 cm³/mol. The van der Waals surface area contributed by atoms with Gasteiger partial charge in [-0.1, -0.05) is 30.3 Å². The van der Waals surface area contributed by atoms with Crippen LogP contribution in [0.3, 0.4) is 0 Å². The molecule has 0 saturated heterocycles. The lowest BCUT2D eigenvalue weighted by molar-refractivity contribution is 0.0712. The maximum atomic E-state index is 10.9. The number of phenolic OH excluding ortho intramolecular Hbond substituents is 2. The van der Waals surface area contributed by atoms with Gasteiger partial charge < -0.3 is 24.3 Å². The van der Waals surface area contributed by atoms with Crippen molar-refractivity contribution >= 4 is 21.8 Å². The summed E-state index contributed by atoms with van der Waals surface area (Å²) < 4.78 is 12.9. The number of hydrogen-bond donors (Lipinski definition) is 2. The van der Waals surface area contributed by atoms with Gasteiger partial charge >= 0.3 is 0 Å². The second kappa shape index (κ2) is 6.95. The summed E-state index contributed by atoms with van der Waals surface area (Å²) in [4.78, 5) is 8.89. The molecule has 5 rings (SSSR count). The Morgan fingerprint density at radius 1 is 0.967 bits per heavy atom. The number of phenols is 2. The Hall–Kier alpha value is -3.74. The van der Waals surface area contributed by atoms with Gasteiger partial charge in [-0.3, -0.25) is 0 Å². The van der Waals surface area contributed by atoms with Gasteiger partial charge in [0.1, 0.15) is 17.3 Å². The molecular formula is C23H21N3O4. The third kappa shape index (κ3) is 2.90. The molecule has 1 unspecified atom stereocenters. The van der Waals surface area contributed by atoms with E-state index in [0.717, 1.165) is 5.56 Å². The van der Waals surface area contributed by atoms with Crippen LogP contribution in [0.1, 0.15) is 23.0 Å². The molecule has 3 heterocycles. The van der Waals surface area contributed by atoms with Gasteiger partial charge in [0.15, 0.2) is 17.3 Å². The molecule has 152 valence electrons. The summed E-state index contributed by atoms with van der Waals surface area (Å²) in [5.74, 6) is 0.692. The lowest BCUT2D eigenvalue weighted by atomic mass is 10.0. The first-order chi connectivity index (χ1) is 14.5. The van der Waals surface area contributed by atoms with E-state index in [2.05, 4.69) is 22.1 Å². The average molecular weight is 403 g/mol. The lowest BCUT2D eigenvalue weighted by Crippen LogP contribution is -2.13. The van der Waals surface area contributed by atoms with Gasteiger partial charge in [-0.25, -0.2) is 9.97 Å². The fourth-order valence-electron chi connectivity index (χ4n) is 3.84. The number of hydrogen-bond acceptors (Lipinski definition) is 6. The van der Waals surface area contributed by atoms with Gasteiger partial charge in [-0.05, 0) is 19.4 Å². The Morgan fingerprint density at radius 2 is 1.57 bits per heavy atom. The number of aromatic nitrogens is 3. The number of aromatic hydroxyl groups is 2. The molecule has 0 spiro atoms. The van der Waals surface area contributed by atoms with Gasteiger partial charge in [0, 0.05) is 29.6 Å². The van der Waals surface area contributed by atoms with Crippen LogP contribution >= 0.6 is 0 Å². The lowest BCUT2D eigenvalue weighted by Gasteiger charge is -2.19. The van der Waals surface area contributed by atoms with E-state index in [4.69, 9.17) is 9.47 Å². The molecule has 2 aromatic heterocycles. The standard InChI is InChI=1S/C23H21N3O4/c1-13-14(2)25-21-20(24-13)22(27)16-9-26(10-17(16)23(21)28)18(19-11-29-12-30-19)8-15-6-4-3-5-7-15/h3-7,9-11,18,27-28H,8,12H2,1-2H3. The highest BCUT2D eigenvalue weighted by Gasteiger charge is 2.25. The van der Waals surface area contributed by atoms with Crippen LogP contribution in [0.4, 0.5) is 0 Å². The van der Waals surface area contributed by atoms with E-state index in [1.165, 1.54) is 0 Å². The molecule has 1 aliphatic rings. The molecule has 1 atom stereocenters. The maximum Gasteiger partial charge on any atom is 0.229 e. The highest BCUT2D eigenvalue weighted by Crippen LogP contribution is 2.42. The fraction of sp³-hybridized carbons (Fsp3) is 0.217. The molecule has 0 radical (unpaired) electrons. The predicted octanol–water partition coefficient (Wildman–Crippen LogP) is 4.24. The van der Waals surface area contributed by atoms with Gasteiger partial charge in [0.25, 0.3) is 0 Å². The Morgan fingerprint density at radius 3 is 2.10 bits per heavy atom. The zero-order valence-electron chi connectivity index (χ0n) is 16.7. The van der Waals surface area contributed by atoms with Crippen LogP contribution in [-0.4, -0.2) is 31.5 Å². The molecule has 0 fully saturated rings. The minimum Gasteiger partial charge on any atom is -0.505 e. The maximum absolute atomic E-state index is 10.9. The van der Waals surface area contributed by atoms with Crippen LogP contribution in [-0.2, 0) is 15.9 Å². The molecule has 7 nitrogen and oxygen atoms in total. The SMILES string of the molecule is Cc1nc2c(O)c3cn(C(Cc4ccccc4)C4=COCO4)cc3c(O)c2nc1C. The molecule has 2 aromatic carbocycles. The van der Waals surface area contributed by atoms with E-state index >= 15 is 0 Å². The number of aryl methyl sites for hydroxylation is 2. The minimum absolute atomic E-state index is 0.00295. The Balaban J connectivity index is 1.69. The normalized spacial score (nSPS) is 14.5. The second-order valence-electron chi connectivity index (χ2n) is 7.48. The van der Waals surface area contributed by atoms with Crippen molar-refractivity contribution in [2.24, 2.45) is 0 Å². The van der Waals surface area contributed by atoms with Crippen molar-refractivity contribution in [1.29, 1.82) is 0 Å². The molecule has 2 N–H and O–H groups in total. The van der Waals surface area contributed by atoms with Gasteiger partial charge in [-0.2, -0.15) is 0 Å². The van der Waals surface area contributed by atoms with Crippen molar-refractivity contribution in [2.75, 3.05) is 6.79 Å². The van der Waals surface area contributed by atoms with Crippen molar-refractivity contribution in [3.63, 3.8) is 0 Å². The van der Waals surface area contributed by atoms with Crippen LogP contribution in [0.25, 0.3) is 21.8 Å². The Bertz CT molecular complexity index is 1230. The van der Waals surface area contributed by atoms with E-state index in [9.17, 15) is 10.2 Å². The topological polar surface area (TPSA) is 89.6 Å². The zero-order valence-corrected chi connectivity index (χ0v) is 16.7. The zero-order chi connectivity index (χ0) is 20.8. The number of benzene rings is 2. The first-order valence-electron chi connectivity index (χ1n) is 9.71. The minimum atomic E-state index is -0.200. The van der Waals surface area contributed by atoms with Gasteiger partial charge in [-0.15, -0.1) is 0 Å². The van der Waals surface area contributed by atoms with Crippen LogP contribution < -0.4 is 0 Å². The first kappa shape index (κ1) is 18.3. The highest BCUT2D eigenvalue weighted by atomic mass is 16.7. The summed E-state index contributed by atoms with van der Waals surface area (Å²) in [7, 11) is 0. The van der Waals surface area contributed by atoms with Crippen molar-refractivity contribution in [3.05, 3.63) is 71.7 Å². The summed E-state index contributed by atoms with van der Waals surface area (Å²) in [5.41, 5.74) is 3.13. The van der Waals surface area contributed by atoms with Gasteiger partial charge in [0.2, 0.25) is 6.79 Å². The smallest absolute Gasteiger partial charge is 0.229 e. The number of rotatable bonds is 4. The fourth-order valence-corrected chi connectivity index (χ4v) is 3.84. The van der Waals surface area contributed by atoms with Crippen LogP contribution in [0.15, 0.2) is 54.7 Å². The molecule has 0 saturated carbocycles. The third-order valence-corrected chi connectivity index (χ3v) is 5.57. The molecule has 1 aliphatic heterocycles. The molecular weight excluding hydrogens is 382 g/mol. The summed E-state index contributed by atoms with van der Waals surface area (Å²) in [5, 5.41) is 22.8. The molecule has 7 heteroatoms. The molecule has 4 aromatic rings. The molecule has 0 aliphatic carbocycles. The summed E-state index contributed by atoms with van der Waals surface area (Å²) in [6, 6.07) is 9.86. The molecule has 30 heavy (non-hydrogen) atoms. The van der Waals surface area contributed by atoms with Crippen LogP contribution in [0.5, 0.6) is 11.5 Å². The molecule has 0 amide bonds. The number of fused-ring (bicyclic) bond motifs is 2. The molecule has 0 bridgehead atoms. The van der Waals surface area contributed by atoms with Crippen molar-refractivity contribution in [2.45, 2.75) is 26.3 Å². The van der Waals surface area contributed by atoms with E-state index in [-0.39, 0.29) is 24.3 Å². The van der Waals surface area contributed by atoms with E-state index < -0.39 is 0 Å². The van der Waals surface area contributed by atoms with Crippen LogP contribution in [0, 0.1) is 13.8 Å². The Kier molecular flexibility index (Phi) is 4.24. The van der Waals surface area contributed by atoms with E-state index in [1.807, 2.05) is 36.6 Å². The quantitative estimate of drug-likeness (QED) is 0.496. The monoisotopic (exact) mass is 403 g/mol. The second-order valence-corrected chi connectivity index (χ2v) is 7.48. The summed E-state index contributed by atoms with van der Waals surface area (Å²) in [6.45, 7) is 3.83. The number of allylic oxidation sites excluding steroid dienone is 1. The third-order valence-electron chi connectivity index (χ3n) is 5.57. The van der Waals surface area contributed by atoms with Crippen molar-refractivity contribution < 1.29 is 19.7 Å². The van der Waals surface area contributed by atoms with E-state index in [1.54, 1.807) is 18.7 Å². The average Bonchev–Trinajstić information content (AvgIpc) is 3.43. The first-order valence-corrected chi connectivity index (χ1v) is 9.71. The Labute approximate surface area is 172 Å². The number of nitrogens with zero attached hydrogens (tertiary/aromatic N) is 3. The summed E-state index contributed by atoms with van der Waals surface area (Å²) >= 11 is 0. The summed E-state index contributed by atoms with van der Waals surface area (Å²) in [6.07, 6.45) is 5.88. The highest BCUT2D eigenvalue weighted by molar-refractivity contribution is 6.07. The van der Waals surface area contributed by atoms with E-state index in [0.29, 0.717) is 45.4 Å². The van der Waals surface area contributed by atoms with Crippen molar-refractivity contribution in [1.82, 2.24) is 14.5 Å². The largest absolute Gasteiger partial charge is 0.505 e. The van der Waals surface area contributed by atoms with Crippen LogP contribution in [0.2, 0.25) is 0 Å². The number of ether oxygens (including phenoxy) is 2. The van der Waals surface area contributed by atoms with Crippen molar-refractivity contribution in [3.8, 4) is 11.5 Å².